The van der Waals surface area contributed by atoms with Gasteiger partial charge in [-0.1, -0.05) is 18.5 Å². The van der Waals surface area contributed by atoms with Gasteiger partial charge in [-0.3, -0.25) is 0 Å². The Bertz CT molecular complexity index is 627. The lowest BCUT2D eigenvalue weighted by molar-refractivity contribution is 0.751. The number of rotatable bonds is 3. The second kappa shape index (κ2) is 6.00. The standard InChI is InChI=1S/C16H19ClN4/c1-2-14-9-15(21-8-7-13(18)10-21)20-16(19-14)11-3-5-12(17)6-4-11/h3-6,9,13H,2,7-8,10,18H2,1H3. The van der Waals surface area contributed by atoms with Crippen LogP contribution in [0.1, 0.15) is 19.0 Å². The van der Waals surface area contributed by atoms with Crippen molar-refractivity contribution in [2.75, 3.05) is 18.0 Å². The van der Waals surface area contributed by atoms with Crippen LogP contribution in [0.4, 0.5) is 5.82 Å². The molecule has 1 unspecified atom stereocenters. The van der Waals surface area contributed by atoms with E-state index in [2.05, 4.69) is 22.9 Å². The van der Waals surface area contributed by atoms with Gasteiger partial charge >= 0.3 is 0 Å². The first-order valence-corrected chi connectivity index (χ1v) is 7.68. The first-order valence-electron chi connectivity index (χ1n) is 7.30. The summed E-state index contributed by atoms with van der Waals surface area (Å²) < 4.78 is 0. The third-order valence-electron chi connectivity index (χ3n) is 3.78. The lowest BCUT2D eigenvalue weighted by Gasteiger charge is -2.18. The van der Waals surface area contributed by atoms with Gasteiger partial charge in [0.25, 0.3) is 0 Å². The molecule has 21 heavy (non-hydrogen) atoms. The van der Waals surface area contributed by atoms with E-state index in [9.17, 15) is 0 Å². The Morgan fingerprint density at radius 3 is 2.67 bits per heavy atom. The Balaban J connectivity index is 1.98. The second-order valence-corrected chi connectivity index (χ2v) is 5.83. The fourth-order valence-electron chi connectivity index (χ4n) is 2.55. The van der Waals surface area contributed by atoms with Crippen LogP contribution < -0.4 is 10.6 Å². The van der Waals surface area contributed by atoms with Crippen molar-refractivity contribution in [3.63, 3.8) is 0 Å². The van der Waals surface area contributed by atoms with E-state index in [0.29, 0.717) is 0 Å². The van der Waals surface area contributed by atoms with Crippen molar-refractivity contribution in [3.8, 4) is 11.4 Å². The molecule has 4 nitrogen and oxygen atoms in total. The smallest absolute Gasteiger partial charge is 0.161 e. The van der Waals surface area contributed by atoms with E-state index in [0.717, 1.165) is 53.9 Å². The van der Waals surface area contributed by atoms with Crippen LogP contribution in [0.25, 0.3) is 11.4 Å². The molecule has 5 heteroatoms. The van der Waals surface area contributed by atoms with Gasteiger partial charge in [-0.05, 0) is 37.1 Å². The van der Waals surface area contributed by atoms with Gasteiger partial charge in [-0.2, -0.15) is 0 Å². The summed E-state index contributed by atoms with van der Waals surface area (Å²) in [5, 5.41) is 0.719. The third-order valence-corrected chi connectivity index (χ3v) is 4.03. The molecule has 0 spiro atoms. The van der Waals surface area contributed by atoms with Crippen molar-refractivity contribution < 1.29 is 0 Å². The Morgan fingerprint density at radius 1 is 1.29 bits per heavy atom. The summed E-state index contributed by atoms with van der Waals surface area (Å²) in [6, 6.07) is 9.95. The summed E-state index contributed by atoms with van der Waals surface area (Å²) in [6.07, 6.45) is 1.90. The Hall–Kier alpha value is -1.65. The van der Waals surface area contributed by atoms with Gasteiger partial charge in [0.15, 0.2) is 5.82 Å². The lowest BCUT2D eigenvalue weighted by Crippen LogP contribution is -2.27. The first-order chi connectivity index (χ1) is 10.2. The van der Waals surface area contributed by atoms with Crippen molar-refractivity contribution in [1.29, 1.82) is 0 Å². The molecule has 0 aliphatic carbocycles. The number of aromatic nitrogens is 2. The average molecular weight is 303 g/mol. The van der Waals surface area contributed by atoms with Crippen LogP contribution in [0, 0.1) is 0 Å². The van der Waals surface area contributed by atoms with E-state index in [1.807, 2.05) is 24.3 Å². The molecule has 1 aliphatic rings. The molecule has 0 amide bonds. The van der Waals surface area contributed by atoms with Crippen LogP contribution in [0.3, 0.4) is 0 Å². The summed E-state index contributed by atoms with van der Waals surface area (Å²) in [6.45, 7) is 3.93. The van der Waals surface area contributed by atoms with Gasteiger partial charge in [-0.15, -0.1) is 0 Å². The van der Waals surface area contributed by atoms with Gasteiger partial charge in [-0.25, -0.2) is 9.97 Å². The van der Waals surface area contributed by atoms with Crippen LogP contribution in [-0.2, 0) is 6.42 Å². The molecule has 1 fully saturated rings. The summed E-state index contributed by atoms with van der Waals surface area (Å²) in [5.74, 6) is 1.72. The zero-order valence-electron chi connectivity index (χ0n) is 12.1. The average Bonchev–Trinajstić information content (AvgIpc) is 2.94. The van der Waals surface area contributed by atoms with Gasteiger partial charge in [0.2, 0.25) is 0 Å². The second-order valence-electron chi connectivity index (χ2n) is 5.40. The Kier molecular flexibility index (Phi) is 4.08. The van der Waals surface area contributed by atoms with Gasteiger partial charge < -0.3 is 10.6 Å². The monoisotopic (exact) mass is 302 g/mol. The zero-order chi connectivity index (χ0) is 14.8. The Labute approximate surface area is 130 Å². The molecule has 3 rings (SSSR count). The molecule has 110 valence electrons. The summed E-state index contributed by atoms with van der Waals surface area (Å²) >= 11 is 5.95. The summed E-state index contributed by atoms with van der Waals surface area (Å²) in [4.78, 5) is 11.6. The topological polar surface area (TPSA) is 55.0 Å². The van der Waals surface area contributed by atoms with Gasteiger partial charge in [0.05, 0.1) is 0 Å². The number of nitrogens with zero attached hydrogens (tertiary/aromatic N) is 3. The molecule has 2 N–H and O–H groups in total. The molecule has 0 saturated carbocycles. The molecular weight excluding hydrogens is 284 g/mol. The maximum absolute atomic E-state index is 6.00. The number of anilines is 1. The molecular formula is C16H19ClN4. The molecule has 2 aromatic rings. The van der Waals surface area contributed by atoms with Gasteiger partial charge in [0.1, 0.15) is 5.82 Å². The van der Waals surface area contributed by atoms with Crippen molar-refractivity contribution in [3.05, 3.63) is 41.0 Å². The van der Waals surface area contributed by atoms with E-state index >= 15 is 0 Å². The highest BCUT2D eigenvalue weighted by Gasteiger charge is 2.21. The Morgan fingerprint density at radius 2 is 2.05 bits per heavy atom. The normalized spacial score (nSPS) is 18.2. The van der Waals surface area contributed by atoms with Crippen LogP contribution in [0.5, 0.6) is 0 Å². The summed E-state index contributed by atoms with van der Waals surface area (Å²) in [7, 11) is 0. The zero-order valence-corrected chi connectivity index (χ0v) is 12.8. The maximum atomic E-state index is 6.00. The molecule has 2 heterocycles. The van der Waals surface area contributed by atoms with E-state index in [1.54, 1.807) is 0 Å². The van der Waals surface area contributed by atoms with E-state index in [-0.39, 0.29) is 6.04 Å². The minimum Gasteiger partial charge on any atom is -0.355 e. The molecule has 1 saturated heterocycles. The van der Waals surface area contributed by atoms with Gasteiger partial charge in [0, 0.05) is 41.5 Å². The minimum absolute atomic E-state index is 0.240. The van der Waals surface area contributed by atoms with E-state index < -0.39 is 0 Å². The van der Waals surface area contributed by atoms with Crippen molar-refractivity contribution >= 4 is 17.4 Å². The fraction of sp³-hybridized carbons (Fsp3) is 0.375. The van der Waals surface area contributed by atoms with Crippen molar-refractivity contribution in [1.82, 2.24) is 9.97 Å². The lowest BCUT2D eigenvalue weighted by atomic mass is 10.2. The highest BCUT2D eigenvalue weighted by Crippen LogP contribution is 2.24. The summed E-state index contributed by atoms with van der Waals surface area (Å²) in [5.41, 5.74) is 8.03. The molecule has 0 radical (unpaired) electrons. The number of hydrogen-bond acceptors (Lipinski definition) is 4. The number of benzene rings is 1. The molecule has 1 aliphatic heterocycles. The van der Waals surface area contributed by atoms with Crippen LogP contribution in [0.2, 0.25) is 5.02 Å². The first kappa shape index (κ1) is 14.3. The quantitative estimate of drug-likeness (QED) is 0.947. The van der Waals surface area contributed by atoms with Crippen LogP contribution >= 0.6 is 11.6 Å². The largest absolute Gasteiger partial charge is 0.355 e. The predicted molar refractivity (Wildman–Crippen MR) is 86.7 cm³/mol. The number of aryl methyl sites for hydroxylation is 1. The van der Waals surface area contributed by atoms with E-state index in [1.165, 1.54) is 0 Å². The van der Waals surface area contributed by atoms with E-state index in [4.69, 9.17) is 22.3 Å². The van der Waals surface area contributed by atoms with Crippen molar-refractivity contribution in [2.45, 2.75) is 25.8 Å². The van der Waals surface area contributed by atoms with Crippen LogP contribution in [-0.4, -0.2) is 29.1 Å². The molecule has 1 aromatic heterocycles. The molecule has 1 aromatic carbocycles. The fourth-order valence-corrected chi connectivity index (χ4v) is 2.68. The van der Waals surface area contributed by atoms with Crippen LogP contribution in [0.15, 0.2) is 30.3 Å². The SMILES string of the molecule is CCc1cc(N2CCC(N)C2)nc(-c2ccc(Cl)cc2)n1. The number of hydrogen-bond donors (Lipinski definition) is 1. The predicted octanol–water partition coefficient (Wildman–Crippen LogP) is 2.90. The third kappa shape index (κ3) is 3.17. The number of nitrogens with two attached hydrogens (primary N) is 1. The highest BCUT2D eigenvalue weighted by molar-refractivity contribution is 6.30. The van der Waals surface area contributed by atoms with Crippen molar-refractivity contribution in [2.24, 2.45) is 5.73 Å². The highest BCUT2D eigenvalue weighted by atomic mass is 35.5. The number of halogens is 1. The minimum atomic E-state index is 0.240. The molecule has 1 atom stereocenters. The molecule has 0 bridgehead atoms. The maximum Gasteiger partial charge on any atom is 0.161 e.